The molecule has 2 N–H and O–H groups in total. The first kappa shape index (κ1) is 12.0. The fourth-order valence-corrected chi connectivity index (χ4v) is 1.62. The van der Waals surface area contributed by atoms with Crippen molar-refractivity contribution in [1.82, 2.24) is 0 Å². The molecule has 15 heavy (non-hydrogen) atoms. The summed E-state index contributed by atoms with van der Waals surface area (Å²) in [6.07, 6.45) is 0. The van der Waals surface area contributed by atoms with Gasteiger partial charge in [0.2, 0.25) is 0 Å². The van der Waals surface area contributed by atoms with Crippen LogP contribution in [-0.4, -0.2) is 22.8 Å². The highest BCUT2D eigenvalue weighted by atomic mass is 35.5. The van der Waals surface area contributed by atoms with Crippen LogP contribution in [0.4, 0.5) is 0 Å². The number of benzene rings is 1. The highest BCUT2D eigenvalue weighted by molar-refractivity contribution is 6.30. The molecule has 0 bridgehead atoms. The number of hydrogen-bond donors (Lipinski definition) is 2. The van der Waals surface area contributed by atoms with Crippen LogP contribution in [0.25, 0.3) is 0 Å². The van der Waals surface area contributed by atoms with Gasteiger partial charge in [-0.2, -0.15) is 0 Å². The molecule has 3 nitrogen and oxygen atoms in total. The molecular formula is C11H13ClO3. The number of halogens is 1. The van der Waals surface area contributed by atoms with Gasteiger partial charge in [-0.15, -0.1) is 0 Å². The van der Waals surface area contributed by atoms with E-state index in [2.05, 4.69) is 0 Å². The number of aliphatic hydroxyl groups is 1. The molecule has 4 heteroatoms. The molecule has 0 saturated heterocycles. The lowest BCUT2D eigenvalue weighted by Gasteiger charge is -2.18. The van der Waals surface area contributed by atoms with Crippen LogP contribution in [0.2, 0.25) is 5.02 Å². The van der Waals surface area contributed by atoms with E-state index < -0.39 is 11.9 Å². The van der Waals surface area contributed by atoms with Crippen molar-refractivity contribution < 1.29 is 15.0 Å². The van der Waals surface area contributed by atoms with Crippen LogP contribution in [-0.2, 0) is 4.79 Å². The Kier molecular flexibility index (Phi) is 4.12. The number of hydrogen-bond acceptors (Lipinski definition) is 2. The topological polar surface area (TPSA) is 57.5 Å². The predicted molar refractivity (Wildman–Crippen MR) is 58.1 cm³/mol. The molecule has 0 heterocycles. The predicted octanol–water partition coefficient (Wildman–Crippen LogP) is 2.14. The zero-order valence-corrected chi connectivity index (χ0v) is 9.11. The summed E-state index contributed by atoms with van der Waals surface area (Å²) >= 11 is 5.71. The second-order valence-corrected chi connectivity index (χ2v) is 3.96. The number of aliphatic hydroxyl groups excluding tert-OH is 1. The van der Waals surface area contributed by atoms with Gasteiger partial charge in [0.25, 0.3) is 0 Å². The second kappa shape index (κ2) is 5.14. The Labute approximate surface area is 93.3 Å². The van der Waals surface area contributed by atoms with E-state index in [1.807, 2.05) is 0 Å². The minimum absolute atomic E-state index is 0.153. The molecule has 0 aliphatic rings. The van der Waals surface area contributed by atoms with Gasteiger partial charge in [-0.3, -0.25) is 4.79 Å². The Morgan fingerprint density at radius 2 is 1.93 bits per heavy atom. The molecule has 82 valence electrons. The lowest BCUT2D eigenvalue weighted by atomic mass is 9.88. The van der Waals surface area contributed by atoms with Crippen LogP contribution in [0.3, 0.4) is 0 Å². The van der Waals surface area contributed by atoms with E-state index in [0.29, 0.717) is 10.6 Å². The van der Waals surface area contributed by atoms with Crippen molar-refractivity contribution in [2.45, 2.75) is 12.8 Å². The van der Waals surface area contributed by atoms with Crippen molar-refractivity contribution >= 4 is 17.6 Å². The Balaban J connectivity index is 2.99. The molecule has 0 aromatic heterocycles. The van der Waals surface area contributed by atoms with Crippen molar-refractivity contribution in [2.24, 2.45) is 5.92 Å². The molecule has 2 atom stereocenters. The summed E-state index contributed by atoms with van der Waals surface area (Å²) in [6, 6.07) is 6.65. The van der Waals surface area contributed by atoms with Crippen molar-refractivity contribution in [1.29, 1.82) is 0 Å². The Hall–Kier alpha value is -1.06. The molecule has 2 unspecified atom stereocenters. The molecule has 0 saturated carbocycles. The van der Waals surface area contributed by atoms with Crippen molar-refractivity contribution in [3.8, 4) is 0 Å². The normalized spacial score (nSPS) is 14.6. The largest absolute Gasteiger partial charge is 0.481 e. The standard InChI is InChI=1S/C11H13ClO3/c1-7(6-13)10(11(14)15)8-2-4-9(12)5-3-8/h2-5,7,10,13H,6H2,1H3,(H,14,15). The Morgan fingerprint density at radius 3 is 2.33 bits per heavy atom. The number of rotatable bonds is 4. The van der Waals surface area contributed by atoms with Gasteiger partial charge < -0.3 is 10.2 Å². The number of aliphatic carboxylic acids is 1. The first-order valence-corrected chi connectivity index (χ1v) is 5.03. The third kappa shape index (κ3) is 2.94. The Morgan fingerprint density at radius 1 is 1.40 bits per heavy atom. The highest BCUT2D eigenvalue weighted by Gasteiger charge is 2.25. The van der Waals surface area contributed by atoms with Gasteiger partial charge in [0.1, 0.15) is 0 Å². The van der Waals surface area contributed by atoms with Crippen LogP contribution in [0.1, 0.15) is 18.4 Å². The summed E-state index contributed by atoms with van der Waals surface area (Å²) in [5.74, 6) is -1.94. The molecule has 1 rings (SSSR count). The lowest BCUT2D eigenvalue weighted by Crippen LogP contribution is -2.21. The van der Waals surface area contributed by atoms with Gasteiger partial charge in [-0.05, 0) is 23.6 Å². The van der Waals surface area contributed by atoms with Crippen LogP contribution < -0.4 is 0 Å². The zero-order chi connectivity index (χ0) is 11.4. The highest BCUT2D eigenvalue weighted by Crippen LogP contribution is 2.25. The number of carboxylic acid groups (broad SMARTS) is 1. The van der Waals surface area contributed by atoms with E-state index >= 15 is 0 Å². The summed E-state index contributed by atoms with van der Waals surface area (Å²) in [5.41, 5.74) is 0.661. The van der Waals surface area contributed by atoms with Gasteiger partial charge >= 0.3 is 5.97 Å². The fourth-order valence-electron chi connectivity index (χ4n) is 1.49. The molecular weight excluding hydrogens is 216 g/mol. The van der Waals surface area contributed by atoms with Gasteiger partial charge in [0.15, 0.2) is 0 Å². The van der Waals surface area contributed by atoms with Crippen molar-refractivity contribution in [3.05, 3.63) is 34.9 Å². The molecule has 0 aliphatic heterocycles. The number of carbonyl (C=O) groups is 1. The van der Waals surface area contributed by atoms with E-state index in [4.69, 9.17) is 21.8 Å². The summed E-state index contributed by atoms with van der Waals surface area (Å²) in [5, 5.41) is 18.6. The van der Waals surface area contributed by atoms with Crippen molar-refractivity contribution in [3.63, 3.8) is 0 Å². The molecule has 0 radical (unpaired) electrons. The SMILES string of the molecule is CC(CO)C(C(=O)O)c1ccc(Cl)cc1. The average Bonchev–Trinajstić information content (AvgIpc) is 2.20. The van der Waals surface area contributed by atoms with E-state index in [9.17, 15) is 4.79 Å². The van der Waals surface area contributed by atoms with Gasteiger partial charge in [0.05, 0.1) is 5.92 Å². The molecule has 0 amide bonds. The third-order valence-corrected chi connectivity index (χ3v) is 2.60. The molecule has 0 spiro atoms. The summed E-state index contributed by atoms with van der Waals surface area (Å²) in [4.78, 5) is 11.0. The molecule has 0 aliphatic carbocycles. The Bertz CT molecular complexity index is 334. The first-order valence-electron chi connectivity index (χ1n) is 4.65. The third-order valence-electron chi connectivity index (χ3n) is 2.35. The van der Waals surface area contributed by atoms with Crippen LogP contribution in [0, 0.1) is 5.92 Å². The maximum Gasteiger partial charge on any atom is 0.311 e. The summed E-state index contributed by atoms with van der Waals surface area (Å²) < 4.78 is 0. The fraction of sp³-hybridized carbons (Fsp3) is 0.364. The molecule has 1 aromatic carbocycles. The minimum atomic E-state index is -0.932. The van der Waals surface area contributed by atoms with E-state index in [1.54, 1.807) is 31.2 Å². The monoisotopic (exact) mass is 228 g/mol. The van der Waals surface area contributed by atoms with Gasteiger partial charge in [-0.25, -0.2) is 0 Å². The van der Waals surface area contributed by atoms with E-state index in [0.717, 1.165) is 0 Å². The van der Waals surface area contributed by atoms with Crippen LogP contribution in [0.5, 0.6) is 0 Å². The smallest absolute Gasteiger partial charge is 0.311 e. The summed E-state index contributed by atoms with van der Waals surface area (Å²) in [7, 11) is 0. The van der Waals surface area contributed by atoms with Gasteiger partial charge in [0, 0.05) is 11.6 Å². The maximum atomic E-state index is 11.0. The number of carboxylic acids is 1. The first-order chi connectivity index (χ1) is 7.06. The van der Waals surface area contributed by atoms with E-state index in [-0.39, 0.29) is 12.5 Å². The summed E-state index contributed by atoms with van der Waals surface area (Å²) in [6.45, 7) is 1.55. The minimum Gasteiger partial charge on any atom is -0.481 e. The quantitative estimate of drug-likeness (QED) is 0.830. The lowest BCUT2D eigenvalue weighted by molar-refractivity contribution is -0.140. The zero-order valence-electron chi connectivity index (χ0n) is 8.35. The van der Waals surface area contributed by atoms with Crippen LogP contribution in [0.15, 0.2) is 24.3 Å². The van der Waals surface area contributed by atoms with Crippen LogP contribution >= 0.6 is 11.6 Å². The van der Waals surface area contributed by atoms with Gasteiger partial charge in [-0.1, -0.05) is 30.7 Å². The van der Waals surface area contributed by atoms with Crippen molar-refractivity contribution in [2.75, 3.05) is 6.61 Å². The van der Waals surface area contributed by atoms with E-state index in [1.165, 1.54) is 0 Å². The average molecular weight is 229 g/mol. The molecule has 0 fully saturated rings. The molecule has 1 aromatic rings. The second-order valence-electron chi connectivity index (χ2n) is 3.53. The maximum absolute atomic E-state index is 11.0.